The predicted molar refractivity (Wildman–Crippen MR) is 83.7 cm³/mol. The van der Waals surface area contributed by atoms with E-state index < -0.39 is 0 Å². The molecule has 2 rings (SSSR count). The average molecular weight is 348 g/mol. The lowest BCUT2D eigenvalue weighted by atomic mass is 10.2. The fourth-order valence-electron chi connectivity index (χ4n) is 1.37. The highest BCUT2D eigenvalue weighted by atomic mass is 35.5. The van der Waals surface area contributed by atoms with Crippen LogP contribution in [0.5, 0.6) is 0 Å². The van der Waals surface area contributed by atoms with Crippen LogP contribution in [-0.2, 0) is 11.3 Å². The van der Waals surface area contributed by atoms with Crippen LogP contribution in [0.4, 0.5) is 0 Å². The summed E-state index contributed by atoms with van der Waals surface area (Å²) in [5.74, 6) is 0.230. The third-order valence-corrected chi connectivity index (χ3v) is 4.88. The van der Waals surface area contributed by atoms with Crippen molar-refractivity contribution >= 4 is 52.2 Å². The lowest BCUT2D eigenvalue weighted by molar-refractivity contribution is -0.118. The molecule has 106 valence electrons. The Balaban J connectivity index is 1.80. The van der Waals surface area contributed by atoms with E-state index in [0.717, 1.165) is 14.9 Å². The Kier molecular flexibility index (Phi) is 5.65. The molecule has 1 N–H and O–H groups in total. The molecule has 0 bridgehead atoms. The summed E-state index contributed by atoms with van der Waals surface area (Å²) in [6.07, 6.45) is 0. The molecule has 0 radical (unpaired) electrons. The average Bonchev–Trinajstić information content (AvgIpc) is 2.81. The summed E-state index contributed by atoms with van der Waals surface area (Å²) < 4.78 is 0.794. The third-order valence-electron chi connectivity index (χ3n) is 2.33. The largest absolute Gasteiger partial charge is 0.351 e. The zero-order chi connectivity index (χ0) is 14.5. The smallest absolute Gasteiger partial charge is 0.230 e. The number of thioether (sulfide) groups is 1. The molecule has 1 aromatic carbocycles. The number of carbonyl (C=O) groups is 1. The van der Waals surface area contributed by atoms with Gasteiger partial charge in [0.05, 0.1) is 5.75 Å². The van der Waals surface area contributed by atoms with E-state index in [1.807, 2.05) is 6.92 Å². The zero-order valence-electron chi connectivity index (χ0n) is 10.5. The van der Waals surface area contributed by atoms with Crippen LogP contribution in [0.25, 0.3) is 0 Å². The van der Waals surface area contributed by atoms with Gasteiger partial charge in [0.15, 0.2) is 4.34 Å². The Morgan fingerprint density at radius 1 is 1.40 bits per heavy atom. The van der Waals surface area contributed by atoms with Crippen molar-refractivity contribution in [3.63, 3.8) is 0 Å². The van der Waals surface area contributed by atoms with Gasteiger partial charge < -0.3 is 5.32 Å². The third kappa shape index (κ3) is 4.63. The second-order valence-electron chi connectivity index (χ2n) is 3.89. The Bertz CT molecular complexity index is 618. The van der Waals surface area contributed by atoms with Crippen molar-refractivity contribution in [2.24, 2.45) is 0 Å². The molecule has 0 saturated heterocycles. The molecule has 20 heavy (non-hydrogen) atoms. The molecular formula is C12H11Cl2N3OS2. The highest BCUT2D eigenvalue weighted by Crippen LogP contribution is 2.22. The van der Waals surface area contributed by atoms with Gasteiger partial charge in [-0.15, -0.1) is 10.2 Å². The molecule has 1 amide bonds. The number of benzene rings is 1. The normalized spacial score (nSPS) is 10.6. The molecule has 0 aliphatic heterocycles. The molecule has 0 saturated carbocycles. The standard InChI is InChI=1S/C12H11Cl2N3OS2/c1-7-16-17-12(20-7)19-6-11(18)15-5-8-2-3-9(13)4-10(8)14/h2-4H,5-6H2,1H3,(H,15,18). The number of hydrogen-bond acceptors (Lipinski definition) is 5. The molecular weight excluding hydrogens is 337 g/mol. The van der Waals surface area contributed by atoms with Crippen LogP contribution in [0, 0.1) is 6.92 Å². The fraction of sp³-hybridized carbons (Fsp3) is 0.250. The Hall–Kier alpha value is -0.820. The van der Waals surface area contributed by atoms with Crippen molar-refractivity contribution in [3.05, 3.63) is 38.8 Å². The predicted octanol–water partition coefficient (Wildman–Crippen LogP) is 3.56. The van der Waals surface area contributed by atoms with E-state index >= 15 is 0 Å². The molecule has 0 aliphatic carbocycles. The number of amides is 1. The summed E-state index contributed by atoms with van der Waals surface area (Å²) in [6, 6.07) is 5.20. The van der Waals surface area contributed by atoms with Crippen LogP contribution in [-0.4, -0.2) is 21.9 Å². The number of rotatable bonds is 5. The molecule has 8 heteroatoms. The van der Waals surface area contributed by atoms with Crippen LogP contribution in [0.15, 0.2) is 22.5 Å². The van der Waals surface area contributed by atoms with Crippen LogP contribution in [0.2, 0.25) is 10.0 Å². The Morgan fingerprint density at radius 2 is 2.20 bits per heavy atom. The van der Waals surface area contributed by atoms with Crippen LogP contribution >= 0.6 is 46.3 Å². The number of aromatic nitrogens is 2. The topological polar surface area (TPSA) is 54.9 Å². The maximum absolute atomic E-state index is 11.7. The minimum Gasteiger partial charge on any atom is -0.351 e. The number of aryl methyl sites for hydroxylation is 1. The number of halogens is 2. The van der Waals surface area contributed by atoms with Gasteiger partial charge in [0.25, 0.3) is 0 Å². The second-order valence-corrected chi connectivity index (χ2v) is 7.14. The van der Waals surface area contributed by atoms with E-state index in [4.69, 9.17) is 23.2 Å². The Morgan fingerprint density at radius 3 is 2.85 bits per heavy atom. The van der Waals surface area contributed by atoms with Crippen molar-refractivity contribution in [3.8, 4) is 0 Å². The highest BCUT2D eigenvalue weighted by Gasteiger charge is 2.07. The van der Waals surface area contributed by atoms with Crippen LogP contribution < -0.4 is 5.32 Å². The number of nitrogens with zero attached hydrogens (tertiary/aromatic N) is 2. The van der Waals surface area contributed by atoms with Gasteiger partial charge in [-0.3, -0.25) is 4.79 Å². The summed E-state index contributed by atoms with van der Waals surface area (Å²) in [5, 5.41) is 12.7. The van der Waals surface area contributed by atoms with Gasteiger partial charge >= 0.3 is 0 Å². The van der Waals surface area contributed by atoms with Gasteiger partial charge in [-0.25, -0.2) is 0 Å². The molecule has 4 nitrogen and oxygen atoms in total. The molecule has 0 unspecified atom stereocenters. The van der Waals surface area contributed by atoms with Crippen LogP contribution in [0.3, 0.4) is 0 Å². The number of carbonyl (C=O) groups excluding carboxylic acids is 1. The maximum Gasteiger partial charge on any atom is 0.230 e. The van der Waals surface area contributed by atoms with Gasteiger partial charge in [0, 0.05) is 16.6 Å². The minimum atomic E-state index is -0.0751. The SMILES string of the molecule is Cc1nnc(SCC(=O)NCc2ccc(Cl)cc2Cl)s1. The lowest BCUT2D eigenvalue weighted by Crippen LogP contribution is -2.24. The second kappa shape index (κ2) is 7.26. The van der Waals surface area contributed by atoms with Crippen molar-refractivity contribution < 1.29 is 4.79 Å². The van der Waals surface area contributed by atoms with Crippen molar-refractivity contribution in [2.45, 2.75) is 17.8 Å². The van der Waals surface area contributed by atoms with Gasteiger partial charge in [0.1, 0.15) is 5.01 Å². The van der Waals surface area contributed by atoms with Crippen molar-refractivity contribution in [2.75, 3.05) is 5.75 Å². The van der Waals surface area contributed by atoms with Gasteiger partial charge in [-0.1, -0.05) is 52.4 Å². The lowest BCUT2D eigenvalue weighted by Gasteiger charge is -2.06. The van der Waals surface area contributed by atoms with E-state index in [1.165, 1.54) is 23.1 Å². The number of nitrogens with one attached hydrogen (secondary N) is 1. The van der Waals surface area contributed by atoms with Gasteiger partial charge in [0.2, 0.25) is 5.91 Å². The van der Waals surface area contributed by atoms with E-state index in [-0.39, 0.29) is 5.91 Å². The van der Waals surface area contributed by atoms with Crippen LogP contribution in [0.1, 0.15) is 10.6 Å². The molecule has 1 aromatic heterocycles. The first-order chi connectivity index (χ1) is 9.54. The van der Waals surface area contributed by atoms with E-state index in [0.29, 0.717) is 22.3 Å². The zero-order valence-corrected chi connectivity index (χ0v) is 13.7. The fourth-order valence-corrected chi connectivity index (χ4v) is 3.49. The molecule has 2 aromatic rings. The van der Waals surface area contributed by atoms with Gasteiger partial charge in [-0.2, -0.15) is 0 Å². The van der Waals surface area contributed by atoms with Crippen molar-refractivity contribution in [1.29, 1.82) is 0 Å². The molecule has 0 atom stereocenters. The summed E-state index contributed by atoms with van der Waals surface area (Å²) in [6.45, 7) is 2.26. The molecule has 1 heterocycles. The highest BCUT2D eigenvalue weighted by molar-refractivity contribution is 8.01. The molecule has 0 aliphatic rings. The first-order valence-electron chi connectivity index (χ1n) is 5.68. The van der Waals surface area contributed by atoms with Gasteiger partial charge in [-0.05, 0) is 24.6 Å². The molecule has 0 fully saturated rings. The Labute approximate surface area is 134 Å². The summed E-state index contributed by atoms with van der Waals surface area (Å²) in [4.78, 5) is 11.7. The first-order valence-corrected chi connectivity index (χ1v) is 8.24. The maximum atomic E-state index is 11.7. The van der Waals surface area contributed by atoms with E-state index in [9.17, 15) is 4.79 Å². The first kappa shape index (κ1) is 15.6. The van der Waals surface area contributed by atoms with E-state index in [1.54, 1.807) is 18.2 Å². The summed E-state index contributed by atoms with van der Waals surface area (Å²) in [7, 11) is 0. The monoisotopic (exact) mass is 347 g/mol. The van der Waals surface area contributed by atoms with E-state index in [2.05, 4.69) is 15.5 Å². The van der Waals surface area contributed by atoms with Crippen molar-refractivity contribution in [1.82, 2.24) is 15.5 Å². The summed E-state index contributed by atoms with van der Waals surface area (Å²) in [5.41, 5.74) is 0.834. The summed E-state index contributed by atoms with van der Waals surface area (Å²) >= 11 is 14.7. The number of hydrogen-bond donors (Lipinski definition) is 1. The quantitative estimate of drug-likeness (QED) is 0.840. The minimum absolute atomic E-state index is 0.0751. The molecule has 0 spiro atoms.